The van der Waals surface area contributed by atoms with E-state index < -0.39 is 0 Å². The van der Waals surface area contributed by atoms with Gasteiger partial charge in [0.2, 0.25) is 0 Å². The smallest absolute Gasteiger partial charge is 0.126 e. The Kier molecular flexibility index (Phi) is 4.05. The minimum absolute atomic E-state index is 0.943. The van der Waals surface area contributed by atoms with Crippen LogP contribution in [0.2, 0.25) is 0 Å². The lowest BCUT2D eigenvalue weighted by Crippen LogP contribution is -1.97. The first-order valence-corrected chi connectivity index (χ1v) is 6.62. The predicted molar refractivity (Wildman–Crippen MR) is 65.9 cm³/mol. The Bertz CT molecular complexity index is 277. The van der Waals surface area contributed by atoms with Crippen molar-refractivity contribution in [2.45, 2.75) is 6.04 Å². The van der Waals surface area contributed by atoms with Crippen LogP contribution in [0.3, 0.4) is 0 Å². The van der Waals surface area contributed by atoms with E-state index in [0.717, 1.165) is 31.4 Å². The van der Waals surface area contributed by atoms with E-state index in [1.54, 1.807) is 14.2 Å². The molecule has 0 aliphatic heterocycles. The largest absolute Gasteiger partial charge is 0.496 e. The Labute approximate surface area is 95.2 Å². The summed E-state index contributed by atoms with van der Waals surface area (Å²) in [6, 6.07) is 5.13. The van der Waals surface area contributed by atoms with E-state index in [1.807, 2.05) is 12.1 Å². The zero-order valence-electron chi connectivity index (χ0n) is 8.06. The topological polar surface area (TPSA) is 18.5 Å². The van der Waals surface area contributed by atoms with E-state index in [1.165, 1.54) is 5.56 Å². The van der Waals surface area contributed by atoms with Crippen LogP contribution in [0.1, 0.15) is 5.56 Å². The van der Waals surface area contributed by atoms with Gasteiger partial charge in [-0.25, -0.2) is 0 Å². The van der Waals surface area contributed by atoms with Gasteiger partial charge in [0.15, 0.2) is 0 Å². The molecule has 1 rings (SSSR count). The number of hydrogen-bond acceptors (Lipinski definition) is 2. The summed E-state index contributed by atoms with van der Waals surface area (Å²) < 4.78 is 11.7. The lowest BCUT2D eigenvalue weighted by Gasteiger charge is -2.12. The van der Waals surface area contributed by atoms with Crippen molar-refractivity contribution in [2.75, 3.05) is 14.2 Å². The van der Waals surface area contributed by atoms with Gasteiger partial charge in [-0.15, -0.1) is 0 Å². The Morgan fingerprint density at radius 2 is 1.69 bits per heavy atom. The molecule has 1 aromatic carbocycles. The van der Waals surface area contributed by atoms with Crippen molar-refractivity contribution >= 4 is 32.8 Å². The second kappa shape index (κ2) is 4.85. The van der Waals surface area contributed by atoms with E-state index in [9.17, 15) is 0 Å². The molecule has 0 saturated carbocycles. The number of hydrogen-bond donors (Lipinski definition) is 0. The number of benzene rings is 1. The first-order chi connectivity index (χ1) is 6.22. The van der Waals surface area contributed by atoms with Crippen LogP contribution in [0, 0.1) is 3.57 Å². The average Bonchev–Trinajstić information content (AvgIpc) is 2.16. The van der Waals surface area contributed by atoms with Crippen molar-refractivity contribution in [3.63, 3.8) is 0 Å². The van der Waals surface area contributed by atoms with Gasteiger partial charge in [-0.3, -0.25) is 0 Å². The Balaban J connectivity index is 3.25. The molecule has 0 aliphatic carbocycles. The lowest BCUT2D eigenvalue weighted by molar-refractivity contribution is 0.387. The van der Waals surface area contributed by atoms with Crippen LogP contribution in [0.5, 0.6) is 11.5 Å². The number of halogens is 1. The van der Waals surface area contributed by atoms with Gasteiger partial charge in [0.25, 0.3) is 0 Å². The Hall–Kier alpha value is -0.233. The summed E-state index contributed by atoms with van der Waals surface area (Å²) in [4.78, 5) is 0. The van der Waals surface area contributed by atoms with Crippen LogP contribution in [0.4, 0.5) is 0 Å². The SMILES string of the molecule is COc1cc(I)cc(OC)c1C[SiH3]. The van der Waals surface area contributed by atoms with Gasteiger partial charge in [0.05, 0.1) is 14.2 Å². The zero-order chi connectivity index (χ0) is 9.84. The van der Waals surface area contributed by atoms with Crippen molar-refractivity contribution in [1.82, 2.24) is 0 Å². The van der Waals surface area contributed by atoms with Gasteiger partial charge in [-0.05, 0) is 40.8 Å². The molecule has 2 nitrogen and oxygen atoms in total. The van der Waals surface area contributed by atoms with Gasteiger partial charge >= 0.3 is 0 Å². The second-order valence-electron chi connectivity index (χ2n) is 2.64. The van der Waals surface area contributed by atoms with Gasteiger partial charge in [-0.1, -0.05) is 0 Å². The standard InChI is InChI=1S/C9H13IO2Si/c1-11-8-3-6(10)4-9(12-2)7(8)5-13/h3-4H,5H2,1-2,13H3. The van der Waals surface area contributed by atoms with Gasteiger partial charge in [-0.2, -0.15) is 0 Å². The third-order valence-corrected chi connectivity index (χ3v) is 3.26. The lowest BCUT2D eigenvalue weighted by atomic mass is 10.2. The first kappa shape index (κ1) is 10.8. The molecule has 0 fully saturated rings. The molecular formula is C9H13IO2Si. The zero-order valence-corrected chi connectivity index (χ0v) is 12.2. The van der Waals surface area contributed by atoms with Crippen molar-refractivity contribution in [2.24, 2.45) is 0 Å². The number of ether oxygens (including phenoxy) is 2. The quantitative estimate of drug-likeness (QED) is 0.616. The predicted octanol–water partition coefficient (Wildman–Crippen LogP) is 1.17. The van der Waals surface area contributed by atoms with Crippen LogP contribution < -0.4 is 9.47 Å². The third-order valence-electron chi connectivity index (χ3n) is 1.93. The summed E-state index contributed by atoms with van der Waals surface area (Å²) in [7, 11) is 4.52. The summed E-state index contributed by atoms with van der Waals surface area (Å²) in [5.74, 6) is 1.89. The fourth-order valence-corrected chi connectivity index (χ4v) is 2.56. The van der Waals surface area contributed by atoms with Crippen LogP contribution in [0.15, 0.2) is 12.1 Å². The normalized spacial score (nSPS) is 10.1. The Morgan fingerprint density at radius 3 is 2.00 bits per heavy atom. The minimum atomic E-state index is 0.943. The molecule has 0 unspecified atom stereocenters. The molecule has 0 heterocycles. The highest BCUT2D eigenvalue weighted by molar-refractivity contribution is 14.1. The number of methoxy groups -OCH3 is 2. The van der Waals surface area contributed by atoms with E-state index in [-0.39, 0.29) is 0 Å². The monoisotopic (exact) mass is 308 g/mol. The van der Waals surface area contributed by atoms with Crippen LogP contribution >= 0.6 is 22.6 Å². The fraction of sp³-hybridized carbons (Fsp3) is 0.333. The molecule has 0 N–H and O–H groups in total. The first-order valence-electron chi connectivity index (χ1n) is 4.13. The molecule has 0 amide bonds. The van der Waals surface area contributed by atoms with Crippen molar-refractivity contribution < 1.29 is 9.47 Å². The highest BCUT2D eigenvalue weighted by Gasteiger charge is 2.08. The molecule has 0 bridgehead atoms. The minimum Gasteiger partial charge on any atom is -0.496 e. The van der Waals surface area contributed by atoms with E-state index in [4.69, 9.17) is 9.47 Å². The van der Waals surface area contributed by atoms with Crippen LogP contribution in [-0.4, -0.2) is 24.5 Å². The molecule has 72 valence electrons. The summed E-state index contributed by atoms with van der Waals surface area (Å²) >= 11 is 2.26. The van der Waals surface area contributed by atoms with E-state index in [0.29, 0.717) is 0 Å². The maximum atomic E-state index is 5.30. The second-order valence-corrected chi connectivity index (χ2v) is 4.60. The summed E-state index contributed by atoms with van der Waals surface area (Å²) in [6.07, 6.45) is 0. The van der Waals surface area contributed by atoms with E-state index >= 15 is 0 Å². The van der Waals surface area contributed by atoms with E-state index in [2.05, 4.69) is 22.6 Å². The molecule has 4 heteroatoms. The molecule has 0 radical (unpaired) electrons. The van der Waals surface area contributed by atoms with Gasteiger partial charge < -0.3 is 9.47 Å². The summed E-state index contributed by atoms with van der Waals surface area (Å²) in [5.41, 5.74) is 1.19. The molecule has 13 heavy (non-hydrogen) atoms. The van der Waals surface area contributed by atoms with Crippen molar-refractivity contribution in [3.05, 3.63) is 21.3 Å². The van der Waals surface area contributed by atoms with Crippen LogP contribution in [-0.2, 0) is 6.04 Å². The average molecular weight is 308 g/mol. The fourth-order valence-electron chi connectivity index (χ4n) is 1.30. The Morgan fingerprint density at radius 1 is 1.23 bits per heavy atom. The van der Waals surface area contributed by atoms with Gasteiger partial charge in [0.1, 0.15) is 11.5 Å². The highest BCUT2D eigenvalue weighted by atomic mass is 127. The van der Waals surface area contributed by atoms with Gasteiger partial charge in [0, 0.05) is 19.4 Å². The van der Waals surface area contributed by atoms with Crippen molar-refractivity contribution in [1.29, 1.82) is 0 Å². The molecule has 1 aromatic rings. The third kappa shape index (κ3) is 2.37. The van der Waals surface area contributed by atoms with Crippen molar-refractivity contribution in [3.8, 4) is 11.5 Å². The molecular weight excluding hydrogens is 295 g/mol. The summed E-state index contributed by atoms with van der Waals surface area (Å²) in [6.45, 7) is 0. The molecule has 0 saturated heterocycles. The molecule has 0 aliphatic rings. The summed E-state index contributed by atoms with van der Waals surface area (Å²) in [5, 5.41) is 0. The maximum Gasteiger partial charge on any atom is 0.126 e. The van der Waals surface area contributed by atoms with Crippen LogP contribution in [0.25, 0.3) is 0 Å². The highest BCUT2D eigenvalue weighted by Crippen LogP contribution is 2.30. The molecule has 0 aromatic heterocycles. The molecule has 0 atom stereocenters. The number of rotatable bonds is 3. The maximum absolute atomic E-state index is 5.30. The molecule has 0 spiro atoms.